The van der Waals surface area contributed by atoms with Crippen LogP contribution in [0.2, 0.25) is 0 Å². The van der Waals surface area contributed by atoms with Gasteiger partial charge in [0.1, 0.15) is 5.76 Å². The molecule has 0 saturated heterocycles. The highest BCUT2D eigenvalue weighted by Gasteiger charge is 1.91. The second-order valence-electron chi connectivity index (χ2n) is 1.68. The van der Waals surface area contributed by atoms with Crippen molar-refractivity contribution in [1.29, 1.82) is 0 Å². The first kappa shape index (κ1) is 6.58. The summed E-state index contributed by atoms with van der Waals surface area (Å²) in [4.78, 5) is 0. The Kier molecular flexibility index (Phi) is 2.54. The standard InChI is InChI=1S/C6H7O2Si/c9-8-5-3-6-2-1-4-7-6/h1-2,4H,3,5H2. The minimum absolute atomic E-state index is 0.643. The number of hydrogen-bond acceptors (Lipinski definition) is 2. The van der Waals surface area contributed by atoms with Crippen molar-refractivity contribution in [2.45, 2.75) is 6.42 Å². The second kappa shape index (κ2) is 3.48. The van der Waals surface area contributed by atoms with Crippen molar-refractivity contribution in [3.05, 3.63) is 24.2 Å². The highest BCUT2D eigenvalue weighted by atomic mass is 28.2. The van der Waals surface area contributed by atoms with E-state index in [1.54, 1.807) is 6.26 Å². The molecule has 0 bridgehead atoms. The van der Waals surface area contributed by atoms with Gasteiger partial charge in [-0.1, -0.05) is 0 Å². The average Bonchev–Trinajstić information content (AvgIpc) is 2.34. The molecular formula is C6H7O2Si. The quantitative estimate of drug-likeness (QED) is 0.581. The van der Waals surface area contributed by atoms with Gasteiger partial charge in [-0.15, -0.1) is 0 Å². The summed E-state index contributed by atoms with van der Waals surface area (Å²) in [6.45, 7) is 0.643. The molecule has 1 aromatic rings. The first-order valence-corrected chi connectivity index (χ1v) is 3.15. The lowest BCUT2D eigenvalue weighted by molar-refractivity contribution is 0.337. The molecule has 0 fully saturated rings. The third-order valence-electron chi connectivity index (χ3n) is 1.03. The van der Waals surface area contributed by atoms with E-state index in [0.717, 1.165) is 12.2 Å². The summed E-state index contributed by atoms with van der Waals surface area (Å²) in [6, 6.07) is 3.79. The molecule has 9 heavy (non-hydrogen) atoms. The maximum atomic E-state index is 5.03. The molecule has 0 aliphatic heterocycles. The first-order chi connectivity index (χ1) is 4.43. The Labute approximate surface area is 57.4 Å². The average molecular weight is 139 g/mol. The molecule has 0 saturated carbocycles. The van der Waals surface area contributed by atoms with Crippen LogP contribution in [0.4, 0.5) is 0 Å². The Hall–Kier alpha value is -0.543. The summed E-state index contributed by atoms with van der Waals surface area (Å²) in [5, 5.41) is 0. The fourth-order valence-electron chi connectivity index (χ4n) is 0.606. The fraction of sp³-hybridized carbons (Fsp3) is 0.333. The Bertz CT molecular complexity index is 148. The van der Waals surface area contributed by atoms with E-state index < -0.39 is 0 Å². The smallest absolute Gasteiger partial charge is 0.246 e. The normalized spacial score (nSPS) is 9.89. The molecule has 1 rings (SSSR count). The van der Waals surface area contributed by atoms with Crippen molar-refractivity contribution >= 4 is 10.5 Å². The third-order valence-corrected chi connectivity index (χ3v) is 1.23. The molecule has 1 heterocycles. The predicted molar refractivity (Wildman–Crippen MR) is 34.1 cm³/mol. The Morgan fingerprint density at radius 2 is 2.56 bits per heavy atom. The van der Waals surface area contributed by atoms with E-state index in [4.69, 9.17) is 4.42 Å². The van der Waals surface area contributed by atoms with Gasteiger partial charge in [-0.3, -0.25) is 0 Å². The largest absolute Gasteiger partial charge is 0.469 e. The molecule has 1 aromatic heterocycles. The number of hydrogen-bond donors (Lipinski definition) is 0. The number of rotatable bonds is 3. The van der Waals surface area contributed by atoms with Crippen LogP contribution in [-0.4, -0.2) is 17.1 Å². The molecule has 0 aliphatic rings. The van der Waals surface area contributed by atoms with Crippen molar-refractivity contribution in [3.63, 3.8) is 0 Å². The molecular weight excluding hydrogens is 132 g/mol. The van der Waals surface area contributed by atoms with Gasteiger partial charge in [-0.2, -0.15) is 0 Å². The van der Waals surface area contributed by atoms with Crippen molar-refractivity contribution in [2.24, 2.45) is 0 Å². The Morgan fingerprint density at radius 3 is 3.11 bits per heavy atom. The Balaban J connectivity index is 2.30. The third kappa shape index (κ3) is 2.03. The van der Waals surface area contributed by atoms with Crippen LogP contribution in [0.15, 0.2) is 22.8 Å². The SMILES string of the molecule is [Si]OCCc1ccco1. The van der Waals surface area contributed by atoms with Gasteiger partial charge in [-0.05, 0) is 12.1 Å². The summed E-state index contributed by atoms with van der Waals surface area (Å²) in [5.74, 6) is 0.952. The van der Waals surface area contributed by atoms with Gasteiger partial charge in [-0.25, -0.2) is 0 Å². The van der Waals surface area contributed by atoms with Crippen LogP contribution in [0.25, 0.3) is 0 Å². The van der Waals surface area contributed by atoms with E-state index in [-0.39, 0.29) is 0 Å². The molecule has 0 N–H and O–H groups in total. The predicted octanol–water partition coefficient (Wildman–Crippen LogP) is 0.922. The van der Waals surface area contributed by atoms with Gasteiger partial charge in [0.05, 0.1) is 6.26 Å². The van der Waals surface area contributed by atoms with Crippen LogP contribution in [0.1, 0.15) is 5.76 Å². The molecule has 0 amide bonds. The van der Waals surface area contributed by atoms with Crippen LogP contribution in [0, 0.1) is 0 Å². The first-order valence-electron chi connectivity index (χ1n) is 2.74. The second-order valence-corrected chi connectivity index (χ2v) is 1.97. The zero-order chi connectivity index (χ0) is 6.53. The van der Waals surface area contributed by atoms with Gasteiger partial charge in [0.2, 0.25) is 10.5 Å². The molecule has 3 radical (unpaired) electrons. The number of furan rings is 1. The van der Waals surface area contributed by atoms with Gasteiger partial charge in [0.15, 0.2) is 0 Å². The molecule has 2 nitrogen and oxygen atoms in total. The van der Waals surface area contributed by atoms with Crippen LogP contribution in [0.3, 0.4) is 0 Å². The fourth-order valence-corrected chi connectivity index (χ4v) is 0.709. The summed E-state index contributed by atoms with van der Waals surface area (Å²) < 4.78 is 9.69. The van der Waals surface area contributed by atoms with Crippen LogP contribution >= 0.6 is 0 Å². The van der Waals surface area contributed by atoms with Crippen LogP contribution in [0.5, 0.6) is 0 Å². The van der Waals surface area contributed by atoms with Crippen molar-refractivity contribution < 1.29 is 8.84 Å². The summed E-state index contributed by atoms with van der Waals surface area (Å²) in [6.07, 6.45) is 2.47. The zero-order valence-electron chi connectivity index (χ0n) is 4.96. The van der Waals surface area contributed by atoms with E-state index >= 15 is 0 Å². The van der Waals surface area contributed by atoms with Crippen molar-refractivity contribution in [1.82, 2.24) is 0 Å². The maximum Gasteiger partial charge on any atom is 0.246 e. The van der Waals surface area contributed by atoms with E-state index in [1.807, 2.05) is 12.1 Å². The van der Waals surface area contributed by atoms with Gasteiger partial charge < -0.3 is 8.84 Å². The molecule has 0 aliphatic carbocycles. The lowest BCUT2D eigenvalue weighted by Gasteiger charge is -1.92. The van der Waals surface area contributed by atoms with Gasteiger partial charge in [0.25, 0.3) is 0 Å². The lowest BCUT2D eigenvalue weighted by Crippen LogP contribution is -1.92. The van der Waals surface area contributed by atoms with Crippen molar-refractivity contribution in [2.75, 3.05) is 6.61 Å². The minimum Gasteiger partial charge on any atom is -0.469 e. The topological polar surface area (TPSA) is 22.4 Å². The van der Waals surface area contributed by atoms with Crippen molar-refractivity contribution in [3.8, 4) is 0 Å². The molecule has 0 aromatic carbocycles. The molecule has 0 spiro atoms. The minimum atomic E-state index is 0.643. The van der Waals surface area contributed by atoms with Crippen LogP contribution in [-0.2, 0) is 10.8 Å². The van der Waals surface area contributed by atoms with E-state index in [0.29, 0.717) is 6.61 Å². The monoisotopic (exact) mass is 139 g/mol. The highest BCUT2D eigenvalue weighted by molar-refractivity contribution is 5.97. The molecule has 0 atom stereocenters. The molecule has 47 valence electrons. The highest BCUT2D eigenvalue weighted by Crippen LogP contribution is 1.99. The van der Waals surface area contributed by atoms with E-state index in [9.17, 15) is 0 Å². The van der Waals surface area contributed by atoms with E-state index in [1.165, 1.54) is 0 Å². The summed E-state index contributed by atoms with van der Waals surface area (Å²) in [5.41, 5.74) is 0. The van der Waals surface area contributed by atoms with Gasteiger partial charge >= 0.3 is 0 Å². The molecule has 3 heteroatoms. The maximum absolute atomic E-state index is 5.03. The molecule has 0 unspecified atom stereocenters. The van der Waals surface area contributed by atoms with Gasteiger partial charge in [0, 0.05) is 13.0 Å². The Morgan fingerprint density at radius 1 is 1.67 bits per heavy atom. The zero-order valence-corrected chi connectivity index (χ0v) is 5.96. The van der Waals surface area contributed by atoms with E-state index in [2.05, 4.69) is 14.9 Å². The summed E-state index contributed by atoms with van der Waals surface area (Å²) in [7, 11) is 2.90. The summed E-state index contributed by atoms with van der Waals surface area (Å²) >= 11 is 0. The lowest BCUT2D eigenvalue weighted by atomic mass is 10.3. The van der Waals surface area contributed by atoms with Crippen LogP contribution < -0.4 is 0 Å².